The summed E-state index contributed by atoms with van der Waals surface area (Å²) >= 11 is 0. The van der Waals surface area contributed by atoms with Crippen LogP contribution < -0.4 is 0 Å². The van der Waals surface area contributed by atoms with Gasteiger partial charge in [-0.2, -0.15) is 0 Å². The summed E-state index contributed by atoms with van der Waals surface area (Å²) in [4.78, 5) is 0. The maximum absolute atomic E-state index is 5.07. The first-order chi connectivity index (χ1) is 3.00. The van der Waals surface area contributed by atoms with Gasteiger partial charge in [0.25, 0.3) is 0 Å². The minimum atomic E-state index is 0. The van der Waals surface area contributed by atoms with E-state index in [9.17, 15) is 0 Å². The van der Waals surface area contributed by atoms with Crippen LogP contribution in [0, 0.1) is 0 Å². The zero-order chi connectivity index (χ0) is 4.24. The number of ether oxygens (including phenoxy) is 1. The predicted octanol–water partition coefficient (Wildman–Crippen LogP) is 1.61. The zero-order valence-corrected chi connectivity index (χ0v) is 5.17. The second-order valence-corrected chi connectivity index (χ2v) is 1.67. The van der Waals surface area contributed by atoms with E-state index in [4.69, 9.17) is 4.74 Å². The minimum Gasteiger partial charge on any atom is -0.381 e. The highest BCUT2D eigenvalue weighted by Gasteiger charge is 1.94. The second-order valence-electron chi connectivity index (χ2n) is 1.67. The lowest BCUT2D eigenvalue weighted by atomic mass is 10.2. The Kier molecular flexibility index (Phi) is 4.57. The molecule has 0 aromatic carbocycles. The summed E-state index contributed by atoms with van der Waals surface area (Å²) in [5, 5.41) is 0. The molecule has 0 saturated carbocycles. The predicted molar refractivity (Wildman–Crippen MR) is 31.9 cm³/mol. The van der Waals surface area contributed by atoms with Gasteiger partial charge in [0.2, 0.25) is 0 Å². The van der Waals surface area contributed by atoms with Crippen LogP contribution in [0.25, 0.3) is 0 Å². The molecule has 0 N–H and O–H groups in total. The molecule has 0 amide bonds. The van der Waals surface area contributed by atoms with E-state index in [0.29, 0.717) is 0 Å². The highest BCUT2D eigenvalue weighted by atomic mass is 35.5. The van der Waals surface area contributed by atoms with E-state index in [-0.39, 0.29) is 12.4 Å². The van der Waals surface area contributed by atoms with Crippen LogP contribution >= 0.6 is 12.4 Å². The van der Waals surface area contributed by atoms with Crippen LogP contribution in [0.2, 0.25) is 0 Å². The quantitative estimate of drug-likeness (QED) is 0.474. The first kappa shape index (κ1) is 7.25. The largest absolute Gasteiger partial charge is 0.381 e. The van der Waals surface area contributed by atoms with Crippen molar-refractivity contribution in [2.75, 3.05) is 13.2 Å². The highest BCUT2D eigenvalue weighted by molar-refractivity contribution is 5.85. The molecule has 0 radical (unpaired) electrons. The van der Waals surface area contributed by atoms with Crippen molar-refractivity contribution in [3.63, 3.8) is 0 Å². The molecule has 0 spiro atoms. The second kappa shape index (κ2) is 4.41. The third kappa shape index (κ3) is 2.89. The molecule has 1 aliphatic heterocycles. The van der Waals surface area contributed by atoms with Gasteiger partial charge in [0.1, 0.15) is 0 Å². The van der Waals surface area contributed by atoms with Gasteiger partial charge in [-0.05, 0) is 19.3 Å². The van der Waals surface area contributed by atoms with Crippen LogP contribution in [0.5, 0.6) is 0 Å². The van der Waals surface area contributed by atoms with Crippen LogP contribution in [0.15, 0.2) is 0 Å². The van der Waals surface area contributed by atoms with Gasteiger partial charge < -0.3 is 4.74 Å². The summed E-state index contributed by atoms with van der Waals surface area (Å²) in [7, 11) is 0. The van der Waals surface area contributed by atoms with Gasteiger partial charge in [0.15, 0.2) is 0 Å². The monoisotopic (exact) mass is 122 g/mol. The molecule has 0 bridgehead atoms. The number of hydrogen-bond donors (Lipinski definition) is 0. The number of halogens is 1. The lowest BCUT2D eigenvalue weighted by Gasteiger charge is -2.08. The van der Waals surface area contributed by atoms with E-state index in [2.05, 4.69) is 0 Å². The molecule has 1 saturated heterocycles. The van der Waals surface area contributed by atoms with Crippen molar-refractivity contribution < 1.29 is 4.74 Å². The summed E-state index contributed by atoms with van der Waals surface area (Å²) in [5.74, 6) is 0. The molecule has 44 valence electrons. The lowest BCUT2D eigenvalue weighted by Crippen LogP contribution is -2.03. The molecule has 0 aromatic heterocycles. The van der Waals surface area contributed by atoms with E-state index in [1.54, 1.807) is 0 Å². The maximum atomic E-state index is 5.07. The van der Waals surface area contributed by atoms with Crippen molar-refractivity contribution >= 4 is 12.4 Å². The average Bonchev–Trinajstić information content (AvgIpc) is 1.72. The summed E-state index contributed by atoms with van der Waals surface area (Å²) in [6.07, 6.45) is 3.93. The smallest absolute Gasteiger partial charge is 0.0466 e. The third-order valence-electron chi connectivity index (χ3n) is 1.08. The van der Waals surface area contributed by atoms with Gasteiger partial charge in [0, 0.05) is 13.2 Å². The van der Waals surface area contributed by atoms with Crippen molar-refractivity contribution in [1.29, 1.82) is 0 Å². The SMILES string of the molecule is C1CCOCC1.Cl. The van der Waals surface area contributed by atoms with E-state index in [0.717, 1.165) is 13.2 Å². The van der Waals surface area contributed by atoms with Gasteiger partial charge in [0.05, 0.1) is 0 Å². The van der Waals surface area contributed by atoms with E-state index < -0.39 is 0 Å². The molecule has 1 nitrogen and oxygen atoms in total. The molecule has 1 rings (SSSR count). The van der Waals surface area contributed by atoms with Crippen molar-refractivity contribution in [2.24, 2.45) is 0 Å². The molecule has 0 aliphatic carbocycles. The van der Waals surface area contributed by atoms with Crippen LogP contribution in [-0.2, 0) is 4.74 Å². The summed E-state index contributed by atoms with van der Waals surface area (Å²) in [5.41, 5.74) is 0. The van der Waals surface area contributed by atoms with Crippen LogP contribution in [0.4, 0.5) is 0 Å². The van der Waals surface area contributed by atoms with Crippen LogP contribution in [-0.4, -0.2) is 13.2 Å². The van der Waals surface area contributed by atoms with Crippen LogP contribution in [0.1, 0.15) is 19.3 Å². The molecule has 1 fully saturated rings. The fourth-order valence-corrected chi connectivity index (χ4v) is 0.687. The number of rotatable bonds is 0. The Hall–Kier alpha value is 0.250. The maximum Gasteiger partial charge on any atom is 0.0466 e. The van der Waals surface area contributed by atoms with Gasteiger partial charge in [-0.3, -0.25) is 0 Å². The standard InChI is InChI=1S/C5H10O.ClH/c1-2-4-6-5-3-1;/h1-5H2;1H. The van der Waals surface area contributed by atoms with Crippen molar-refractivity contribution in [3.05, 3.63) is 0 Å². The van der Waals surface area contributed by atoms with Gasteiger partial charge >= 0.3 is 0 Å². The van der Waals surface area contributed by atoms with Gasteiger partial charge in [-0.15, -0.1) is 12.4 Å². The van der Waals surface area contributed by atoms with E-state index >= 15 is 0 Å². The Morgan fingerprint density at radius 2 is 1.43 bits per heavy atom. The fraction of sp³-hybridized carbons (Fsp3) is 1.00. The Morgan fingerprint density at radius 3 is 1.57 bits per heavy atom. The molecule has 1 aliphatic rings. The first-order valence-electron chi connectivity index (χ1n) is 2.58. The van der Waals surface area contributed by atoms with E-state index in [1.807, 2.05) is 0 Å². The molecular formula is C5H11ClO. The molecule has 1 heterocycles. The normalized spacial score (nSPS) is 20.6. The topological polar surface area (TPSA) is 9.23 Å². The van der Waals surface area contributed by atoms with Crippen molar-refractivity contribution in [1.82, 2.24) is 0 Å². The van der Waals surface area contributed by atoms with Crippen LogP contribution in [0.3, 0.4) is 0 Å². The highest BCUT2D eigenvalue weighted by Crippen LogP contribution is 2.01. The molecule has 2 heteroatoms. The Labute approximate surface area is 50.5 Å². The average molecular weight is 123 g/mol. The van der Waals surface area contributed by atoms with E-state index in [1.165, 1.54) is 19.3 Å². The van der Waals surface area contributed by atoms with Crippen molar-refractivity contribution in [3.8, 4) is 0 Å². The Morgan fingerprint density at radius 1 is 0.857 bits per heavy atom. The Balaban J connectivity index is 0.000000360. The Bertz CT molecular complexity index is 23.6. The van der Waals surface area contributed by atoms with Gasteiger partial charge in [-0.1, -0.05) is 0 Å². The summed E-state index contributed by atoms with van der Waals surface area (Å²) < 4.78 is 5.07. The fourth-order valence-electron chi connectivity index (χ4n) is 0.687. The summed E-state index contributed by atoms with van der Waals surface area (Å²) in [6.45, 7) is 2.00. The molecule has 0 atom stereocenters. The minimum absolute atomic E-state index is 0. The molecule has 0 aromatic rings. The van der Waals surface area contributed by atoms with Gasteiger partial charge in [-0.25, -0.2) is 0 Å². The first-order valence-corrected chi connectivity index (χ1v) is 2.58. The van der Waals surface area contributed by atoms with Crippen molar-refractivity contribution in [2.45, 2.75) is 19.3 Å². The number of hydrogen-bond acceptors (Lipinski definition) is 1. The lowest BCUT2D eigenvalue weighted by molar-refractivity contribution is 0.0968. The third-order valence-corrected chi connectivity index (χ3v) is 1.08. The molecular weight excluding hydrogens is 112 g/mol. The molecule has 0 unspecified atom stereocenters. The summed E-state index contributed by atoms with van der Waals surface area (Å²) in [6, 6.07) is 0. The zero-order valence-electron chi connectivity index (χ0n) is 4.35. The molecule has 7 heavy (non-hydrogen) atoms.